The fourth-order valence-electron chi connectivity index (χ4n) is 1.85. The van der Waals surface area contributed by atoms with Crippen LogP contribution < -0.4 is 5.32 Å². The van der Waals surface area contributed by atoms with Gasteiger partial charge in [0, 0.05) is 24.4 Å². The normalized spacial score (nSPS) is 12.0. The van der Waals surface area contributed by atoms with Gasteiger partial charge in [0.1, 0.15) is 17.7 Å². The largest absolute Gasteiger partial charge is 0.386 e. The van der Waals surface area contributed by atoms with E-state index in [1.165, 1.54) is 30.3 Å². The van der Waals surface area contributed by atoms with Gasteiger partial charge in [-0.15, -0.1) is 0 Å². The van der Waals surface area contributed by atoms with E-state index in [9.17, 15) is 24.0 Å². The zero-order valence-electron chi connectivity index (χ0n) is 10.8. The van der Waals surface area contributed by atoms with Crippen LogP contribution in [-0.4, -0.2) is 16.6 Å². The molecule has 5 nitrogen and oxygen atoms in total. The second-order valence-electron chi connectivity index (χ2n) is 4.34. The number of benzene rings is 2. The molecular weight excluding hydrogens is 282 g/mol. The van der Waals surface area contributed by atoms with Crippen molar-refractivity contribution >= 4 is 11.4 Å². The van der Waals surface area contributed by atoms with E-state index < -0.39 is 28.2 Å². The number of nitro groups is 1. The molecule has 0 heterocycles. The highest BCUT2D eigenvalue weighted by Gasteiger charge is 2.17. The molecule has 0 saturated carbocycles. The van der Waals surface area contributed by atoms with Crippen LogP contribution in [0.4, 0.5) is 20.2 Å². The van der Waals surface area contributed by atoms with Gasteiger partial charge in [-0.25, -0.2) is 8.78 Å². The van der Waals surface area contributed by atoms with E-state index in [0.29, 0.717) is 5.69 Å². The number of nitrogens with zero attached hydrogens (tertiary/aromatic N) is 1. The Hall–Kier alpha value is -2.54. The van der Waals surface area contributed by atoms with Gasteiger partial charge >= 0.3 is 0 Å². The Labute approximate surface area is 119 Å². The molecule has 2 aromatic carbocycles. The third-order valence-electron chi connectivity index (χ3n) is 2.91. The van der Waals surface area contributed by atoms with Crippen LogP contribution in [0.1, 0.15) is 11.7 Å². The summed E-state index contributed by atoms with van der Waals surface area (Å²) in [6, 6.07) is 8.81. The molecule has 0 saturated heterocycles. The third kappa shape index (κ3) is 3.51. The first-order valence-electron chi connectivity index (χ1n) is 6.09. The summed E-state index contributed by atoms with van der Waals surface area (Å²) in [5.74, 6) is -1.65. The number of hydrogen-bond acceptors (Lipinski definition) is 4. The van der Waals surface area contributed by atoms with Crippen molar-refractivity contribution < 1.29 is 18.8 Å². The number of hydrogen-bond donors (Lipinski definition) is 2. The Morgan fingerprint density at radius 2 is 1.71 bits per heavy atom. The highest BCUT2D eigenvalue weighted by atomic mass is 19.1. The van der Waals surface area contributed by atoms with Gasteiger partial charge in [-0.2, -0.15) is 0 Å². The maximum absolute atomic E-state index is 13.5. The summed E-state index contributed by atoms with van der Waals surface area (Å²) in [5.41, 5.74) is 0.0181. The summed E-state index contributed by atoms with van der Waals surface area (Å²) in [5, 5.41) is 23.1. The molecule has 2 rings (SSSR count). The van der Waals surface area contributed by atoms with Crippen LogP contribution in [0.2, 0.25) is 0 Å². The molecule has 2 aromatic rings. The minimum atomic E-state index is -1.37. The van der Waals surface area contributed by atoms with Crippen LogP contribution >= 0.6 is 0 Å². The molecule has 0 amide bonds. The van der Waals surface area contributed by atoms with E-state index in [0.717, 1.165) is 12.1 Å². The van der Waals surface area contributed by atoms with Crippen LogP contribution in [0, 0.1) is 21.7 Å². The molecule has 110 valence electrons. The van der Waals surface area contributed by atoms with E-state index in [2.05, 4.69) is 5.32 Å². The van der Waals surface area contributed by atoms with Gasteiger partial charge in [0.2, 0.25) is 0 Å². The summed E-state index contributed by atoms with van der Waals surface area (Å²) in [7, 11) is 0. The summed E-state index contributed by atoms with van der Waals surface area (Å²) < 4.78 is 26.9. The fourth-order valence-corrected chi connectivity index (χ4v) is 1.85. The molecule has 0 fully saturated rings. The van der Waals surface area contributed by atoms with Crippen molar-refractivity contribution in [2.24, 2.45) is 0 Å². The van der Waals surface area contributed by atoms with Crippen molar-refractivity contribution in [2.45, 2.75) is 6.10 Å². The standard InChI is InChI=1S/C14H12F2N2O3/c15-11-2-1-3-12(16)14(11)13(19)8-17-9-4-6-10(7-5-9)18(20)21/h1-7,13,17,19H,8H2. The predicted molar refractivity (Wildman–Crippen MR) is 72.9 cm³/mol. The minimum Gasteiger partial charge on any atom is -0.386 e. The van der Waals surface area contributed by atoms with Gasteiger partial charge in [-0.3, -0.25) is 10.1 Å². The lowest BCUT2D eigenvalue weighted by molar-refractivity contribution is -0.384. The van der Waals surface area contributed by atoms with Crippen LogP contribution in [0.25, 0.3) is 0 Å². The van der Waals surface area contributed by atoms with Gasteiger partial charge in [0.25, 0.3) is 5.69 Å². The maximum atomic E-state index is 13.5. The molecule has 0 aliphatic rings. The van der Waals surface area contributed by atoms with Crippen molar-refractivity contribution in [1.29, 1.82) is 0 Å². The van der Waals surface area contributed by atoms with E-state index in [4.69, 9.17) is 0 Å². The first-order chi connectivity index (χ1) is 9.99. The number of anilines is 1. The third-order valence-corrected chi connectivity index (χ3v) is 2.91. The molecule has 0 radical (unpaired) electrons. The van der Waals surface area contributed by atoms with Gasteiger partial charge in [-0.05, 0) is 24.3 Å². The molecule has 0 aliphatic heterocycles. The van der Waals surface area contributed by atoms with Crippen LogP contribution in [0.3, 0.4) is 0 Å². The topological polar surface area (TPSA) is 75.4 Å². The summed E-state index contributed by atoms with van der Waals surface area (Å²) in [6.07, 6.45) is -1.37. The van der Waals surface area contributed by atoms with Crippen molar-refractivity contribution in [3.05, 3.63) is 69.8 Å². The Morgan fingerprint density at radius 1 is 1.14 bits per heavy atom. The molecule has 0 spiro atoms. The molecule has 21 heavy (non-hydrogen) atoms. The van der Waals surface area contributed by atoms with Crippen molar-refractivity contribution in [3.8, 4) is 0 Å². The van der Waals surface area contributed by atoms with E-state index >= 15 is 0 Å². The number of nitrogens with one attached hydrogen (secondary N) is 1. The lowest BCUT2D eigenvalue weighted by Gasteiger charge is -2.14. The molecule has 0 bridgehead atoms. The molecule has 0 aliphatic carbocycles. The number of halogens is 2. The summed E-state index contributed by atoms with van der Waals surface area (Å²) in [4.78, 5) is 9.97. The smallest absolute Gasteiger partial charge is 0.269 e. The van der Waals surface area contributed by atoms with Crippen LogP contribution in [-0.2, 0) is 0 Å². The Kier molecular flexibility index (Phi) is 4.44. The second kappa shape index (κ2) is 6.27. The quantitative estimate of drug-likeness (QED) is 0.656. The average molecular weight is 294 g/mol. The molecule has 7 heteroatoms. The van der Waals surface area contributed by atoms with Crippen molar-refractivity contribution in [2.75, 3.05) is 11.9 Å². The van der Waals surface area contributed by atoms with Gasteiger partial charge < -0.3 is 10.4 Å². The lowest BCUT2D eigenvalue weighted by Crippen LogP contribution is -2.15. The number of aliphatic hydroxyl groups excluding tert-OH is 1. The number of nitro benzene ring substituents is 1. The van der Waals surface area contributed by atoms with Crippen molar-refractivity contribution in [3.63, 3.8) is 0 Å². The fraction of sp³-hybridized carbons (Fsp3) is 0.143. The minimum absolute atomic E-state index is 0.0683. The maximum Gasteiger partial charge on any atom is 0.269 e. The summed E-state index contributed by atoms with van der Waals surface area (Å²) in [6.45, 7) is -0.129. The highest BCUT2D eigenvalue weighted by molar-refractivity contribution is 5.48. The molecule has 1 atom stereocenters. The zero-order chi connectivity index (χ0) is 15.4. The first-order valence-corrected chi connectivity index (χ1v) is 6.09. The Bertz CT molecular complexity index is 627. The van der Waals surface area contributed by atoms with Crippen LogP contribution in [0.15, 0.2) is 42.5 Å². The molecule has 1 unspecified atom stereocenters. The summed E-state index contributed by atoms with van der Waals surface area (Å²) >= 11 is 0. The van der Waals surface area contributed by atoms with Gasteiger partial charge in [0.05, 0.1) is 10.5 Å². The predicted octanol–water partition coefficient (Wildman–Crippen LogP) is 3.02. The SMILES string of the molecule is O=[N+]([O-])c1ccc(NCC(O)c2c(F)cccc2F)cc1. The second-order valence-corrected chi connectivity index (χ2v) is 4.34. The molecular formula is C14H12F2N2O3. The molecule has 0 aromatic heterocycles. The zero-order valence-corrected chi connectivity index (χ0v) is 10.8. The Balaban J connectivity index is 2.04. The molecule has 2 N–H and O–H groups in total. The number of non-ortho nitro benzene ring substituents is 1. The van der Waals surface area contributed by atoms with Gasteiger partial charge in [0.15, 0.2) is 0 Å². The first kappa shape index (κ1) is 14.9. The Morgan fingerprint density at radius 3 is 2.24 bits per heavy atom. The number of rotatable bonds is 5. The van der Waals surface area contributed by atoms with E-state index in [1.54, 1.807) is 0 Å². The lowest BCUT2D eigenvalue weighted by atomic mass is 10.1. The van der Waals surface area contributed by atoms with Crippen molar-refractivity contribution in [1.82, 2.24) is 0 Å². The highest BCUT2D eigenvalue weighted by Crippen LogP contribution is 2.22. The number of aliphatic hydroxyl groups is 1. The van der Waals surface area contributed by atoms with E-state index in [-0.39, 0.29) is 12.2 Å². The average Bonchev–Trinajstić information content (AvgIpc) is 2.45. The van der Waals surface area contributed by atoms with E-state index in [1.807, 2.05) is 0 Å². The van der Waals surface area contributed by atoms with Gasteiger partial charge in [-0.1, -0.05) is 6.07 Å². The van der Waals surface area contributed by atoms with Crippen LogP contribution in [0.5, 0.6) is 0 Å². The monoisotopic (exact) mass is 294 g/mol.